The molecule has 0 aromatic heterocycles. The smallest absolute Gasteiger partial charge is 0.411 e. The molecule has 5 nitrogen and oxygen atoms in total. The highest BCUT2D eigenvalue weighted by atomic mass is 16.5. The van der Waals surface area contributed by atoms with Crippen LogP contribution >= 0.6 is 0 Å². The van der Waals surface area contributed by atoms with Crippen molar-refractivity contribution in [2.24, 2.45) is 0 Å². The van der Waals surface area contributed by atoms with E-state index >= 15 is 0 Å². The van der Waals surface area contributed by atoms with Gasteiger partial charge in [0.2, 0.25) is 0 Å². The standard InChI is InChI=1S/C17H28N2O3/c1-5-6-7-11-21-15-8-9-16(14(2)13-15)18-17(20)22-12-10-19(3)4/h8-9,13H,5-7,10-12H2,1-4H3,(H,18,20). The molecular formula is C17H28N2O3. The van der Waals surface area contributed by atoms with Crippen LogP contribution in [0.2, 0.25) is 0 Å². The number of unbranched alkanes of at least 4 members (excludes halogenated alkanes) is 2. The van der Waals surface area contributed by atoms with Gasteiger partial charge in [0, 0.05) is 12.2 Å². The third kappa shape index (κ3) is 7.31. The topological polar surface area (TPSA) is 50.8 Å². The van der Waals surface area contributed by atoms with Gasteiger partial charge in [-0.15, -0.1) is 0 Å². The van der Waals surface area contributed by atoms with Crippen LogP contribution in [0, 0.1) is 6.92 Å². The van der Waals surface area contributed by atoms with Crippen molar-refractivity contribution in [3.63, 3.8) is 0 Å². The number of benzene rings is 1. The number of rotatable bonds is 9. The molecule has 1 amide bonds. The average Bonchev–Trinajstić information content (AvgIpc) is 2.46. The SMILES string of the molecule is CCCCCOc1ccc(NC(=O)OCCN(C)C)c(C)c1. The molecule has 0 atom stereocenters. The second kappa shape index (κ2) is 10.1. The monoisotopic (exact) mass is 308 g/mol. The molecule has 124 valence electrons. The molecule has 0 saturated carbocycles. The molecule has 0 aliphatic heterocycles. The van der Waals surface area contributed by atoms with E-state index in [4.69, 9.17) is 9.47 Å². The number of anilines is 1. The second-order valence-electron chi connectivity index (χ2n) is 5.60. The van der Waals surface area contributed by atoms with E-state index in [1.54, 1.807) is 0 Å². The zero-order chi connectivity index (χ0) is 16.4. The number of carbonyl (C=O) groups is 1. The van der Waals surface area contributed by atoms with Crippen LogP contribution in [0.4, 0.5) is 10.5 Å². The molecule has 0 bridgehead atoms. The molecule has 0 aliphatic carbocycles. The van der Waals surface area contributed by atoms with Crippen molar-refractivity contribution in [1.82, 2.24) is 4.90 Å². The first-order valence-corrected chi connectivity index (χ1v) is 7.85. The third-order valence-corrected chi connectivity index (χ3v) is 3.22. The van der Waals surface area contributed by atoms with Crippen LogP contribution in [0.1, 0.15) is 31.7 Å². The lowest BCUT2D eigenvalue weighted by Crippen LogP contribution is -2.22. The number of carbonyl (C=O) groups excluding carboxylic acids is 1. The maximum absolute atomic E-state index is 11.7. The summed E-state index contributed by atoms with van der Waals surface area (Å²) in [6.07, 6.45) is 2.99. The number of amides is 1. The lowest BCUT2D eigenvalue weighted by Gasteiger charge is -2.13. The summed E-state index contributed by atoms with van der Waals surface area (Å²) in [5.41, 5.74) is 1.70. The zero-order valence-electron chi connectivity index (χ0n) is 14.1. The molecule has 1 aromatic rings. The number of nitrogens with zero attached hydrogens (tertiary/aromatic N) is 1. The summed E-state index contributed by atoms with van der Waals surface area (Å²) < 4.78 is 10.8. The number of hydrogen-bond acceptors (Lipinski definition) is 4. The van der Waals surface area contributed by atoms with Crippen LogP contribution in [0.3, 0.4) is 0 Å². The van der Waals surface area contributed by atoms with Crippen LogP contribution in [0.25, 0.3) is 0 Å². The largest absolute Gasteiger partial charge is 0.494 e. The van der Waals surface area contributed by atoms with Crippen LogP contribution in [0.5, 0.6) is 5.75 Å². The number of nitrogens with one attached hydrogen (secondary N) is 1. The molecule has 0 spiro atoms. The molecule has 1 N–H and O–H groups in total. The summed E-state index contributed by atoms with van der Waals surface area (Å²) in [6, 6.07) is 5.65. The fourth-order valence-electron chi connectivity index (χ4n) is 1.88. The van der Waals surface area contributed by atoms with Gasteiger partial charge in [0.05, 0.1) is 6.61 Å². The Balaban J connectivity index is 2.42. The van der Waals surface area contributed by atoms with Crippen molar-refractivity contribution in [3.05, 3.63) is 23.8 Å². The number of hydrogen-bond donors (Lipinski definition) is 1. The highest BCUT2D eigenvalue weighted by molar-refractivity contribution is 5.85. The van der Waals surface area contributed by atoms with E-state index < -0.39 is 6.09 Å². The Morgan fingerprint density at radius 1 is 1.23 bits per heavy atom. The Hall–Kier alpha value is -1.75. The van der Waals surface area contributed by atoms with Gasteiger partial charge < -0.3 is 14.4 Å². The Bertz CT molecular complexity index is 461. The Labute approximate surface area is 133 Å². The first-order valence-electron chi connectivity index (χ1n) is 7.85. The molecule has 0 unspecified atom stereocenters. The van der Waals surface area contributed by atoms with Crippen molar-refractivity contribution in [3.8, 4) is 5.75 Å². The van der Waals surface area contributed by atoms with E-state index in [2.05, 4.69) is 12.2 Å². The van der Waals surface area contributed by atoms with Crippen LogP contribution in [-0.2, 0) is 4.74 Å². The van der Waals surface area contributed by atoms with Gasteiger partial charge in [-0.1, -0.05) is 19.8 Å². The molecule has 0 heterocycles. The minimum Gasteiger partial charge on any atom is -0.494 e. The van der Waals surface area contributed by atoms with Gasteiger partial charge in [-0.25, -0.2) is 4.79 Å². The van der Waals surface area contributed by atoms with Gasteiger partial charge >= 0.3 is 6.09 Å². The highest BCUT2D eigenvalue weighted by Gasteiger charge is 2.07. The second-order valence-corrected chi connectivity index (χ2v) is 5.60. The third-order valence-electron chi connectivity index (χ3n) is 3.22. The maximum Gasteiger partial charge on any atom is 0.411 e. The van der Waals surface area contributed by atoms with E-state index in [1.165, 1.54) is 12.8 Å². The lowest BCUT2D eigenvalue weighted by atomic mass is 10.2. The summed E-state index contributed by atoms with van der Waals surface area (Å²) in [5.74, 6) is 0.833. The minimum atomic E-state index is -0.429. The molecule has 0 fully saturated rings. The van der Waals surface area contributed by atoms with Gasteiger partial charge in [0.1, 0.15) is 12.4 Å². The van der Waals surface area contributed by atoms with Gasteiger partial charge in [0.15, 0.2) is 0 Å². The fraction of sp³-hybridized carbons (Fsp3) is 0.588. The maximum atomic E-state index is 11.7. The quantitative estimate of drug-likeness (QED) is 0.707. The Kier molecular flexibility index (Phi) is 8.36. The van der Waals surface area contributed by atoms with Crippen molar-refractivity contribution in [1.29, 1.82) is 0 Å². The van der Waals surface area contributed by atoms with Crippen molar-refractivity contribution in [2.75, 3.05) is 39.2 Å². The molecule has 1 aromatic carbocycles. The first kappa shape index (κ1) is 18.3. The number of likely N-dealkylation sites (N-methyl/N-ethyl adjacent to an activating group) is 1. The van der Waals surface area contributed by atoms with E-state index in [-0.39, 0.29) is 0 Å². The summed E-state index contributed by atoms with van der Waals surface area (Å²) >= 11 is 0. The van der Waals surface area contributed by atoms with E-state index in [1.807, 2.05) is 44.1 Å². The average molecular weight is 308 g/mol. The van der Waals surface area contributed by atoms with E-state index in [0.717, 1.165) is 30.0 Å². The normalized spacial score (nSPS) is 10.6. The summed E-state index contributed by atoms with van der Waals surface area (Å²) in [5, 5.41) is 2.75. The number of ether oxygens (including phenoxy) is 2. The minimum absolute atomic E-state index is 0.372. The molecule has 0 aliphatic rings. The first-order chi connectivity index (χ1) is 10.5. The molecule has 1 rings (SSSR count). The van der Waals surface area contributed by atoms with Gasteiger partial charge in [-0.05, 0) is 51.2 Å². The zero-order valence-corrected chi connectivity index (χ0v) is 14.1. The Morgan fingerprint density at radius 3 is 2.64 bits per heavy atom. The van der Waals surface area contributed by atoms with Crippen LogP contribution in [-0.4, -0.2) is 44.8 Å². The van der Waals surface area contributed by atoms with E-state index in [9.17, 15) is 4.79 Å². The highest BCUT2D eigenvalue weighted by Crippen LogP contribution is 2.21. The Morgan fingerprint density at radius 2 is 2.00 bits per heavy atom. The van der Waals surface area contributed by atoms with Crippen molar-refractivity contribution < 1.29 is 14.3 Å². The molecule has 0 saturated heterocycles. The van der Waals surface area contributed by atoms with Crippen LogP contribution < -0.4 is 10.1 Å². The van der Waals surface area contributed by atoms with Gasteiger partial charge in [-0.3, -0.25) is 5.32 Å². The lowest BCUT2D eigenvalue weighted by molar-refractivity contribution is 0.151. The van der Waals surface area contributed by atoms with Crippen molar-refractivity contribution in [2.45, 2.75) is 33.1 Å². The van der Waals surface area contributed by atoms with Crippen LogP contribution in [0.15, 0.2) is 18.2 Å². The number of aryl methyl sites for hydroxylation is 1. The predicted octanol–water partition coefficient (Wildman–Crippen LogP) is 3.67. The van der Waals surface area contributed by atoms with Gasteiger partial charge in [-0.2, -0.15) is 0 Å². The fourth-order valence-corrected chi connectivity index (χ4v) is 1.88. The molecule has 5 heteroatoms. The summed E-state index contributed by atoms with van der Waals surface area (Å²) in [4.78, 5) is 13.7. The molecule has 0 radical (unpaired) electrons. The van der Waals surface area contributed by atoms with E-state index in [0.29, 0.717) is 13.2 Å². The molecule has 22 heavy (non-hydrogen) atoms. The predicted molar refractivity (Wildman–Crippen MR) is 89.7 cm³/mol. The molecular weight excluding hydrogens is 280 g/mol. The summed E-state index contributed by atoms with van der Waals surface area (Å²) in [7, 11) is 3.87. The summed E-state index contributed by atoms with van der Waals surface area (Å²) in [6.45, 7) is 5.91. The van der Waals surface area contributed by atoms with Gasteiger partial charge in [0.25, 0.3) is 0 Å². The van der Waals surface area contributed by atoms with Crippen molar-refractivity contribution >= 4 is 11.8 Å².